The number of amides is 2. The molecule has 1 saturated heterocycles. The van der Waals surface area contributed by atoms with Crippen LogP contribution in [-0.4, -0.2) is 54.2 Å². The van der Waals surface area contributed by atoms with E-state index in [-0.39, 0.29) is 36.7 Å². The topological polar surface area (TPSA) is 95.9 Å². The average Bonchev–Trinajstić information content (AvgIpc) is 3.19. The van der Waals surface area contributed by atoms with Gasteiger partial charge >= 0.3 is 12.1 Å². The summed E-state index contributed by atoms with van der Waals surface area (Å²) in [6.45, 7) is 3.87. The molecule has 0 spiro atoms. The molecule has 186 valence electrons. The number of alkyl carbamates (subject to hydrolysis) is 1. The molecule has 7 heteroatoms. The summed E-state index contributed by atoms with van der Waals surface area (Å²) in [5.41, 5.74) is 4.72. The fourth-order valence-electron chi connectivity index (χ4n) is 5.25. The lowest BCUT2D eigenvalue weighted by atomic mass is 9.93. The summed E-state index contributed by atoms with van der Waals surface area (Å²) in [5, 5.41) is 11.8. The van der Waals surface area contributed by atoms with Crippen molar-refractivity contribution in [2.45, 2.75) is 44.9 Å². The molecular formula is C28H34N2O5. The van der Waals surface area contributed by atoms with Crippen molar-refractivity contribution in [3.05, 3.63) is 59.7 Å². The Morgan fingerprint density at radius 3 is 2.20 bits per heavy atom. The van der Waals surface area contributed by atoms with E-state index in [0.29, 0.717) is 26.1 Å². The van der Waals surface area contributed by atoms with Gasteiger partial charge in [-0.2, -0.15) is 0 Å². The minimum Gasteiger partial charge on any atom is -0.481 e. The molecule has 2 aliphatic rings. The zero-order valence-corrected chi connectivity index (χ0v) is 20.2. The Morgan fingerprint density at radius 1 is 1.03 bits per heavy atom. The Morgan fingerprint density at radius 2 is 1.63 bits per heavy atom. The maximum Gasteiger partial charge on any atom is 0.407 e. The number of ether oxygens (including phenoxy) is 1. The molecule has 35 heavy (non-hydrogen) atoms. The first-order valence-electron chi connectivity index (χ1n) is 12.5. The number of carbonyl (C=O) groups excluding carboxylic acids is 2. The lowest BCUT2D eigenvalue weighted by Crippen LogP contribution is -2.40. The van der Waals surface area contributed by atoms with Crippen molar-refractivity contribution in [3.8, 4) is 11.1 Å². The van der Waals surface area contributed by atoms with Crippen LogP contribution < -0.4 is 5.32 Å². The lowest BCUT2D eigenvalue weighted by molar-refractivity contribution is -0.138. The Kier molecular flexibility index (Phi) is 8.06. The molecule has 2 N–H and O–H groups in total. The number of carboxylic acid groups (broad SMARTS) is 1. The second kappa shape index (κ2) is 11.4. The quantitative estimate of drug-likeness (QED) is 0.547. The van der Waals surface area contributed by atoms with Crippen LogP contribution in [0.1, 0.15) is 56.1 Å². The SMILES string of the molecule is CCC(CNC(=O)OCC1c2ccccc2-c2ccccc21)CC(=O)N1CCC(CC(=O)O)CC1. The number of likely N-dealkylation sites (tertiary alicyclic amines) is 1. The molecule has 1 atom stereocenters. The van der Waals surface area contributed by atoms with Crippen molar-refractivity contribution in [2.75, 3.05) is 26.2 Å². The van der Waals surface area contributed by atoms with Gasteiger partial charge in [0.2, 0.25) is 5.91 Å². The molecule has 1 fully saturated rings. The third-order valence-electron chi connectivity index (χ3n) is 7.35. The van der Waals surface area contributed by atoms with Crippen LogP contribution in [0.25, 0.3) is 11.1 Å². The minimum atomic E-state index is -0.778. The zero-order valence-electron chi connectivity index (χ0n) is 20.2. The number of rotatable bonds is 9. The highest BCUT2D eigenvalue weighted by Gasteiger charge is 2.29. The van der Waals surface area contributed by atoms with Gasteiger partial charge in [0.05, 0.1) is 0 Å². The number of nitrogens with zero attached hydrogens (tertiary/aromatic N) is 1. The molecule has 1 unspecified atom stereocenters. The van der Waals surface area contributed by atoms with E-state index in [9.17, 15) is 14.4 Å². The summed E-state index contributed by atoms with van der Waals surface area (Å²) in [6.07, 6.45) is 2.30. The first kappa shape index (κ1) is 24.8. The highest BCUT2D eigenvalue weighted by Crippen LogP contribution is 2.44. The highest BCUT2D eigenvalue weighted by molar-refractivity contribution is 5.79. The molecule has 0 aromatic heterocycles. The van der Waals surface area contributed by atoms with E-state index in [2.05, 4.69) is 29.6 Å². The molecule has 2 amide bonds. The number of benzene rings is 2. The summed E-state index contributed by atoms with van der Waals surface area (Å²) in [7, 11) is 0. The number of aliphatic carboxylic acids is 1. The first-order chi connectivity index (χ1) is 17.0. The Labute approximate surface area is 206 Å². The van der Waals surface area contributed by atoms with Gasteiger partial charge in [-0.05, 0) is 46.9 Å². The standard InChI is InChI=1S/C28H34N2O5/c1-2-19(15-26(31)30-13-11-20(12-14-30)16-27(32)33)17-29-28(34)35-18-25-23-9-5-3-7-21(23)22-8-4-6-10-24(22)25/h3-10,19-20,25H,2,11-18H2,1H3,(H,29,34)(H,32,33). The first-order valence-corrected chi connectivity index (χ1v) is 12.5. The summed E-state index contributed by atoms with van der Waals surface area (Å²) >= 11 is 0. The van der Waals surface area contributed by atoms with Gasteiger partial charge in [0.15, 0.2) is 0 Å². The summed E-state index contributed by atoms with van der Waals surface area (Å²) < 4.78 is 5.61. The average molecular weight is 479 g/mol. The van der Waals surface area contributed by atoms with Gasteiger partial charge in [-0.25, -0.2) is 4.79 Å². The molecule has 2 aromatic rings. The predicted octanol–water partition coefficient (Wildman–Crippen LogP) is 4.65. The van der Waals surface area contributed by atoms with Gasteiger partial charge in [0, 0.05) is 38.4 Å². The van der Waals surface area contributed by atoms with Crippen molar-refractivity contribution in [1.29, 1.82) is 0 Å². The third-order valence-corrected chi connectivity index (χ3v) is 7.35. The van der Waals surface area contributed by atoms with E-state index in [1.807, 2.05) is 36.1 Å². The van der Waals surface area contributed by atoms with Crippen LogP contribution >= 0.6 is 0 Å². The zero-order chi connectivity index (χ0) is 24.8. The molecule has 1 aliphatic carbocycles. The number of nitrogens with one attached hydrogen (secondary N) is 1. The maximum atomic E-state index is 12.7. The second-order valence-electron chi connectivity index (χ2n) is 9.61. The number of hydrogen-bond acceptors (Lipinski definition) is 4. The molecule has 1 heterocycles. The minimum absolute atomic E-state index is 0.0146. The molecule has 7 nitrogen and oxygen atoms in total. The second-order valence-corrected chi connectivity index (χ2v) is 9.61. The third kappa shape index (κ3) is 6.02. The van der Waals surface area contributed by atoms with E-state index in [0.717, 1.165) is 19.3 Å². The van der Waals surface area contributed by atoms with Crippen molar-refractivity contribution >= 4 is 18.0 Å². The smallest absolute Gasteiger partial charge is 0.407 e. The molecular weight excluding hydrogens is 444 g/mol. The maximum absolute atomic E-state index is 12.7. The van der Waals surface area contributed by atoms with Gasteiger partial charge in [0.25, 0.3) is 0 Å². The monoisotopic (exact) mass is 478 g/mol. The number of hydrogen-bond donors (Lipinski definition) is 2. The van der Waals surface area contributed by atoms with Crippen LogP contribution in [0, 0.1) is 11.8 Å². The number of carboxylic acids is 1. The van der Waals surface area contributed by atoms with Crippen LogP contribution in [0.3, 0.4) is 0 Å². The highest BCUT2D eigenvalue weighted by atomic mass is 16.5. The fraction of sp³-hybridized carbons (Fsp3) is 0.464. The Balaban J connectivity index is 1.23. The van der Waals surface area contributed by atoms with Gasteiger partial charge < -0.3 is 20.1 Å². The van der Waals surface area contributed by atoms with Crippen LogP contribution in [-0.2, 0) is 14.3 Å². The number of carbonyl (C=O) groups is 3. The molecule has 0 saturated carbocycles. The van der Waals surface area contributed by atoms with Gasteiger partial charge in [-0.1, -0.05) is 61.9 Å². The van der Waals surface area contributed by atoms with Gasteiger partial charge in [0.1, 0.15) is 6.61 Å². The van der Waals surface area contributed by atoms with Crippen LogP contribution in [0.15, 0.2) is 48.5 Å². The Hall–Kier alpha value is -3.35. The van der Waals surface area contributed by atoms with Crippen LogP contribution in [0.2, 0.25) is 0 Å². The summed E-state index contributed by atoms with van der Waals surface area (Å²) in [6, 6.07) is 16.4. The van der Waals surface area contributed by atoms with E-state index in [1.165, 1.54) is 22.3 Å². The van der Waals surface area contributed by atoms with E-state index in [4.69, 9.17) is 9.84 Å². The van der Waals surface area contributed by atoms with Crippen LogP contribution in [0.5, 0.6) is 0 Å². The number of fused-ring (bicyclic) bond motifs is 3. The van der Waals surface area contributed by atoms with Crippen molar-refractivity contribution in [2.24, 2.45) is 11.8 Å². The predicted molar refractivity (Wildman–Crippen MR) is 133 cm³/mol. The van der Waals surface area contributed by atoms with Gasteiger partial charge in [-0.3, -0.25) is 9.59 Å². The molecule has 1 aliphatic heterocycles. The van der Waals surface area contributed by atoms with Gasteiger partial charge in [-0.15, -0.1) is 0 Å². The molecule has 2 aromatic carbocycles. The summed E-state index contributed by atoms with van der Waals surface area (Å²) in [4.78, 5) is 37.9. The van der Waals surface area contributed by atoms with E-state index >= 15 is 0 Å². The van der Waals surface area contributed by atoms with Crippen molar-refractivity contribution < 1.29 is 24.2 Å². The van der Waals surface area contributed by atoms with E-state index < -0.39 is 12.1 Å². The lowest BCUT2D eigenvalue weighted by Gasteiger charge is -2.32. The largest absolute Gasteiger partial charge is 0.481 e. The molecule has 0 radical (unpaired) electrons. The fourth-order valence-corrected chi connectivity index (χ4v) is 5.25. The number of piperidine rings is 1. The Bertz CT molecular complexity index is 1020. The van der Waals surface area contributed by atoms with E-state index in [1.54, 1.807) is 0 Å². The van der Waals surface area contributed by atoms with Crippen LogP contribution in [0.4, 0.5) is 4.79 Å². The molecule has 0 bridgehead atoms. The normalized spacial score (nSPS) is 16.3. The summed E-state index contributed by atoms with van der Waals surface area (Å²) in [5.74, 6) is -0.519. The van der Waals surface area contributed by atoms with Crippen molar-refractivity contribution in [1.82, 2.24) is 10.2 Å². The molecule has 4 rings (SSSR count). The van der Waals surface area contributed by atoms with Crippen molar-refractivity contribution in [3.63, 3.8) is 0 Å².